The Morgan fingerprint density at radius 3 is 2.86 bits per heavy atom. The third-order valence-corrected chi connectivity index (χ3v) is 3.05. The number of nitrogens with two attached hydrogens (primary N) is 1. The Morgan fingerprint density at radius 1 is 1.79 bits per heavy atom. The molecule has 0 aliphatic heterocycles. The topological polar surface area (TPSA) is 55.1 Å². The Labute approximate surface area is 96.2 Å². The van der Waals surface area contributed by atoms with E-state index in [2.05, 4.69) is 5.32 Å². The summed E-state index contributed by atoms with van der Waals surface area (Å²) in [5.41, 5.74) is 5.89. The van der Waals surface area contributed by atoms with E-state index in [1.807, 2.05) is 0 Å². The highest BCUT2D eigenvalue weighted by atomic mass is 35.5. The van der Waals surface area contributed by atoms with Gasteiger partial charge in [-0.3, -0.25) is 4.79 Å². The van der Waals surface area contributed by atoms with E-state index < -0.39 is 0 Å². The first-order valence-corrected chi connectivity index (χ1v) is 5.51. The molecule has 1 unspecified atom stereocenters. The smallest absolute Gasteiger partial charge is 0.252 e. The predicted molar refractivity (Wildman–Crippen MR) is 63.0 cm³/mol. The van der Waals surface area contributed by atoms with E-state index in [1.165, 1.54) is 11.3 Å². The minimum atomic E-state index is -0.309. The van der Waals surface area contributed by atoms with Gasteiger partial charge in [0.2, 0.25) is 0 Å². The molecule has 0 fully saturated rings. The summed E-state index contributed by atoms with van der Waals surface area (Å²) in [4.78, 5) is 11.8. The summed E-state index contributed by atoms with van der Waals surface area (Å²) in [6.45, 7) is 1.73. The van der Waals surface area contributed by atoms with E-state index in [1.54, 1.807) is 18.4 Å². The van der Waals surface area contributed by atoms with Crippen LogP contribution in [0.1, 0.15) is 17.3 Å². The molecule has 1 amide bonds. The molecular formula is C8H9ClN2OS2. The number of carbonyl (C=O) groups is 1. The molecule has 0 saturated heterocycles. The molecule has 0 aliphatic rings. The standard InChI is InChI=1S/C8H9ClN2OS2/c1-4(7(10)13)11-8(12)5-2-6(9)14-3-5/h2-4H,1H3,(H2,10,13)(H,11,12). The molecule has 76 valence electrons. The molecule has 3 N–H and O–H groups in total. The van der Waals surface area contributed by atoms with Crippen LogP contribution in [0.25, 0.3) is 0 Å². The van der Waals surface area contributed by atoms with Crippen molar-refractivity contribution >= 4 is 46.1 Å². The monoisotopic (exact) mass is 248 g/mol. The second-order valence-electron chi connectivity index (χ2n) is 2.74. The number of thiocarbonyl (C=S) groups is 1. The van der Waals surface area contributed by atoms with Crippen molar-refractivity contribution in [3.63, 3.8) is 0 Å². The first-order chi connectivity index (χ1) is 6.50. The molecule has 0 aliphatic carbocycles. The fourth-order valence-electron chi connectivity index (χ4n) is 0.780. The maximum atomic E-state index is 11.5. The van der Waals surface area contributed by atoms with Crippen molar-refractivity contribution in [2.24, 2.45) is 5.73 Å². The number of halogens is 1. The van der Waals surface area contributed by atoms with Crippen LogP contribution < -0.4 is 11.1 Å². The lowest BCUT2D eigenvalue weighted by Gasteiger charge is -2.10. The Bertz CT molecular complexity index is 364. The zero-order valence-corrected chi connectivity index (χ0v) is 9.80. The van der Waals surface area contributed by atoms with E-state index in [-0.39, 0.29) is 16.9 Å². The highest BCUT2D eigenvalue weighted by Gasteiger charge is 2.12. The molecule has 14 heavy (non-hydrogen) atoms. The van der Waals surface area contributed by atoms with E-state index in [0.717, 1.165) is 0 Å². The van der Waals surface area contributed by atoms with Gasteiger partial charge in [-0.25, -0.2) is 0 Å². The maximum Gasteiger partial charge on any atom is 0.252 e. The Balaban J connectivity index is 2.63. The fourth-order valence-corrected chi connectivity index (χ4v) is 1.70. The fraction of sp³-hybridized carbons (Fsp3) is 0.250. The normalized spacial score (nSPS) is 12.1. The third-order valence-electron chi connectivity index (χ3n) is 1.60. The summed E-state index contributed by atoms with van der Waals surface area (Å²) in [5, 5.41) is 4.34. The van der Waals surface area contributed by atoms with Crippen LogP contribution in [-0.4, -0.2) is 16.9 Å². The molecule has 3 nitrogen and oxygen atoms in total. The minimum Gasteiger partial charge on any atom is -0.392 e. The second-order valence-corrected chi connectivity index (χ2v) is 4.75. The average molecular weight is 249 g/mol. The van der Waals surface area contributed by atoms with Crippen LogP contribution in [0.5, 0.6) is 0 Å². The minimum absolute atomic E-state index is 0.214. The van der Waals surface area contributed by atoms with Gasteiger partial charge in [0.25, 0.3) is 5.91 Å². The molecule has 1 heterocycles. The molecule has 1 aromatic heterocycles. The average Bonchev–Trinajstić information content (AvgIpc) is 2.51. The van der Waals surface area contributed by atoms with Gasteiger partial charge in [0.15, 0.2) is 0 Å². The number of amides is 1. The van der Waals surface area contributed by atoms with Crippen LogP contribution in [0.4, 0.5) is 0 Å². The van der Waals surface area contributed by atoms with Gasteiger partial charge >= 0.3 is 0 Å². The van der Waals surface area contributed by atoms with Crippen molar-refractivity contribution in [1.29, 1.82) is 0 Å². The number of hydrogen-bond acceptors (Lipinski definition) is 3. The van der Waals surface area contributed by atoms with Crippen LogP contribution in [0, 0.1) is 0 Å². The summed E-state index contributed by atoms with van der Waals surface area (Å²) in [6.07, 6.45) is 0. The summed E-state index contributed by atoms with van der Waals surface area (Å²) >= 11 is 11.7. The number of nitrogens with one attached hydrogen (secondary N) is 1. The van der Waals surface area contributed by atoms with Crippen molar-refractivity contribution in [2.75, 3.05) is 0 Å². The summed E-state index contributed by atoms with van der Waals surface area (Å²) in [5.74, 6) is -0.214. The van der Waals surface area contributed by atoms with Crippen LogP contribution in [0.2, 0.25) is 4.34 Å². The van der Waals surface area contributed by atoms with Crippen LogP contribution in [0.3, 0.4) is 0 Å². The van der Waals surface area contributed by atoms with Crippen molar-refractivity contribution < 1.29 is 4.79 Å². The predicted octanol–water partition coefficient (Wildman–Crippen LogP) is 1.81. The van der Waals surface area contributed by atoms with Crippen molar-refractivity contribution in [1.82, 2.24) is 5.32 Å². The SMILES string of the molecule is CC(NC(=O)c1csc(Cl)c1)C(N)=S. The van der Waals surface area contributed by atoms with E-state index in [4.69, 9.17) is 29.6 Å². The molecule has 1 aromatic rings. The maximum absolute atomic E-state index is 11.5. The zero-order valence-electron chi connectivity index (χ0n) is 7.41. The number of hydrogen-bond donors (Lipinski definition) is 2. The summed E-state index contributed by atoms with van der Waals surface area (Å²) in [7, 11) is 0. The highest BCUT2D eigenvalue weighted by Crippen LogP contribution is 2.19. The summed E-state index contributed by atoms with van der Waals surface area (Å²) in [6, 6.07) is 1.30. The van der Waals surface area contributed by atoms with Crippen molar-refractivity contribution in [2.45, 2.75) is 13.0 Å². The molecule has 0 bridgehead atoms. The van der Waals surface area contributed by atoms with Gasteiger partial charge < -0.3 is 11.1 Å². The number of thiophene rings is 1. The number of rotatable bonds is 3. The van der Waals surface area contributed by atoms with Crippen LogP contribution >= 0.6 is 35.2 Å². The van der Waals surface area contributed by atoms with Gasteiger partial charge in [0.05, 0.1) is 20.9 Å². The van der Waals surface area contributed by atoms with Gasteiger partial charge in [0, 0.05) is 5.38 Å². The molecule has 0 aromatic carbocycles. The largest absolute Gasteiger partial charge is 0.392 e. The molecule has 1 atom stereocenters. The van der Waals surface area contributed by atoms with Gasteiger partial charge in [-0.1, -0.05) is 23.8 Å². The lowest BCUT2D eigenvalue weighted by Crippen LogP contribution is -2.41. The van der Waals surface area contributed by atoms with E-state index >= 15 is 0 Å². The Kier molecular flexibility index (Phi) is 3.86. The van der Waals surface area contributed by atoms with Crippen LogP contribution in [0.15, 0.2) is 11.4 Å². The lowest BCUT2D eigenvalue weighted by atomic mass is 10.3. The molecule has 1 rings (SSSR count). The van der Waals surface area contributed by atoms with E-state index in [0.29, 0.717) is 9.90 Å². The second kappa shape index (κ2) is 4.72. The van der Waals surface area contributed by atoms with E-state index in [9.17, 15) is 4.79 Å². The van der Waals surface area contributed by atoms with Crippen molar-refractivity contribution in [3.05, 3.63) is 21.3 Å². The van der Waals surface area contributed by atoms with Crippen molar-refractivity contribution in [3.8, 4) is 0 Å². The molecule has 0 radical (unpaired) electrons. The Morgan fingerprint density at radius 2 is 2.43 bits per heavy atom. The molecule has 6 heteroatoms. The first kappa shape index (κ1) is 11.4. The van der Waals surface area contributed by atoms with Gasteiger partial charge in [-0.15, -0.1) is 11.3 Å². The van der Waals surface area contributed by atoms with Gasteiger partial charge in [-0.2, -0.15) is 0 Å². The summed E-state index contributed by atoms with van der Waals surface area (Å²) < 4.78 is 0.582. The molecule has 0 spiro atoms. The van der Waals surface area contributed by atoms with Gasteiger partial charge in [-0.05, 0) is 13.0 Å². The lowest BCUT2D eigenvalue weighted by molar-refractivity contribution is 0.0950. The molecule has 0 saturated carbocycles. The zero-order chi connectivity index (χ0) is 10.7. The van der Waals surface area contributed by atoms with Crippen LogP contribution in [-0.2, 0) is 0 Å². The first-order valence-electron chi connectivity index (χ1n) is 3.85. The highest BCUT2D eigenvalue weighted by molar-refractivity contribution is 7.80. The molecular weight excluding hydrogens is 240 g/mol. The number of carbonyl (C=O) groups excluding carboxylic acids is 1. The third kappa shape index (κ3) is 2.94. The van der Waals surface area contributed by atoms with Gasteiger partial charge in [0.1, 0.15) is 0 Å². The Hall–Kier alpha value is -0.650. The quantitative estimate of drug-likeness (QED) is 0.803.